The van der Waals surface area contributed by atoms with Gasteiger partial charge in [0.2, 0.25) is 0 Å². The van der Waals surface area contributed by atoms with Crippen molar-refractivity contribution in [3.8, 4) is 0 Å². The highest BCUT2D eigenvalue weighted by atomic mass is 19.3. The van der Waals surface area contributed by atoms with Crippen molar-refractivity contribution in [3.63, 3.8) is 0 Å². The van der Waals surface area contributed by atoms with E-state index >= 15 is 0 Å². The quantitative estimate of drug-likeness (QED) is 0.598. The van der Waals surface area contributed by atoms with Gasteiger partial charge in [-0.2, -0.15) is 8.78 Å². The van der Waals surface area contributed by atoms with E-state index in [1.54, 1.807) is 0 Å². The van der Waals surface area contributed by atoms with Gasteiger partial charge in [0.15, 0.2) is 0 Å². The number of carbonyl (C=O) groups excluding carboxylic acids is 1. The SMILES string of the molecule is CC(C)(C)CCNCC1CC(F)(F)C(=O)O1. The summed E-state index contributed by atoms with van der Waals surface area (Å²) in [5, 5.41) is 3.03. The van der Waals surface area contributed by atoms with Crippen molar-refractivity contribution in [2.24, 2.45) is 5.41 Å². The Kier molecular flexibility index (Phi) is 3.88. The van der Waals surface area contributed by atoms with Gasteiger partial charge in [-0.25, -0.2) is 4.79 Å². The Labute approximate surface area is 94.5 Å². The smallest absolute Gasteiger partial charge is 0.377 e. The highest BCUT2D eigenvalue weighted by Crippen LogP contribution is 2.30. The summed E-state index contributed by atoms with van der Waals surface area (Å²) in [6, 6.07) is 0. The standard InChI is InChI=1S/C11H19F2NO2/c1-10(2,3)4-5-14-7-8-6-11(12,13)9(15)16-8/h8,14H,4-7H2,1-3H3. The van der Waals surface area contributed by atoms with E-state index in [1.165, 1.54) is 0 Å². The first-order valence-corrected chi connectivity index (χ1v) is 5.50. The normalized spacial score (nSPS) is 24.6. The molecule has 0 saturated carbocycles. The van der Waals surface area contributed by atoms with Crippen LogP contribution < -0.4 is 5.32 Å². The summed E-state index contributed by atoms with van der Waals surface area (Å²) in [5.41, 5.74) is 0.212. The summed E-state index contributed by atoms with van der Waals surface area (Å²) < 4.78 is 30.1. The van der Waals surface area contributed by atoms with Gasteiger partial charge in [-0.15, -0.1) is 0 Å². The predicted octanol–water partition coefficient (Wildman–Crippen LogP) is 1.96. The lowest BCUT2D eigenvalue weighted by molar-refractivity contribution is -0.159. The molecule has 0 spiro atoms. The van der Waals surface area contributed by atoms with Crippen molar-refractivity contribution < 1.29 is 18.3 Å². The van der Waals surface area contributed by atoms with Crippen LogP contribution in [-0.4, -0.2) is 31.1 Å². The molecule has 94 valence electrons. The third-order valence-corrected chi connectivity index (χ3v) is 2.48. The molecule has 1 aliphatic rings. The molecule has 0 aromatic rings. The molecule has 0 aliphatic carbocycles. The molecule has 1 fully saturated rings. The summed E-state index contributed by atoms with van der Waals surface area (Å²) in [6.07, 6.45) is -0.249. The van der Waals surface area contributed by atoms with Crippen molar-refractivity contribution in [2.45, 2.75) is 45.6 Å². The third kappa shape index (κ3) is 4.04. The molecular weight excluding hydrogens is 216 g/mol. The predicted molar refractivity (Wildman–Crippen MR) is 56.4 cm³/mol. The van der Waals surface area contributed by atoms with E-state index in [2.05, 4.69) is 30.8 Å². The Morgan fingerprint density at radius 2 is 2.12 bits per heavy atom. The summed E-state index contributed by atoms with van der Waals surface area (Å²) in [4.78, 5) is 10.7. The lowest BCUT2D eigenvalue weighted by Gasteiger charge is -2.18. The van der Waals surface area contributed by atoms with Crippen molar-refractivity contribution in [2.75, 3.05) is 13.1 Å². The zero-order chi connectivity index (χ0) is 12.4. The summed E-state index contributed by atoms with van der Waals surface area (Å²) in [6.45, 7) is 7.37. The van der Waals surface area contributed by atoms with Gasteiger partial charge >= 0.3 is 11.9 Å². The molecular formula is C11H19F2NO2. The number of cyclic esters (lactones) is 1. The number of ether oxygens (including phenoxy) is 1. The molecule has 0 aromatic carbocycles. The van der Waals surface area contributed by atoms with E-state index in [4.69, 9.17) is 0 Å². The number of hydrogen-bond acceptors (Lipinski definition) is 3. The third-order valence-electron chi connectivity index (χ3n) is 2.48. The molecule has 0 radical (unpaired) electrons. The van der Waals surface area contributed by atoms with Crippen molar-refractivity contribution in [3.05, 3.63) is 0 Å². The van der Waals surface area contributed by atoms with Crippen LogP contribution in [0.1, 0.15) is 33.6 Å². The molecule has 1 unspecified atom stereocenters. The summed E-state index contributed by atoms with van der Waals surface area (Å²) >= 11 is 0. The highest BCUT2D eigenvalue weighted by Gasteiger charge is 2.50. The fourth-order valence-electron chi connectivity index (χ4n) is 1.49. The molecule has 1 rings (SSSR count). The minimum atomic E-state index is -3.30. The molecule has 0 bridgehead atoms. The van der Waals surface area contributed by atoms with Crippen LogP contribution in [0.15, 0.2) is 0 Å². The first-order chi connectivity index (χ1) is 7.21. The van der Waals surface area contributed by atoms with Gasteiger partial charge < -0.3 is 10.1 Å². The molecule has 5 heteroatoms. The Morgan fingerprint density at radius 1 is 1.50 bits per heavy atom. The van der Waals surface area contributed by atoms with Gasteiger partial charge in [-0.1, -0.05) is 20.8 Å². The summed E-state index contributed by atoms with van der Waals surface area (Å²) in [7, 11) is 0. The van der Waals surface area contributed by atoms with Crippen LogP contribution in [0.25, 0.3) is 0 Å². The number of hydrogen-bond donors (Lipinski definition) is 1. The highest BCUT2D eigenvalue weighted by molar-refractivity contribution is 5.79. The topological polar surface area (TPSA) is 38.3 Å². The van der Waals surface area contributed by atoms with Crippen LogP contribution in [-0.2, 0) is 9.53 Å². The van der Waals surface area contributed by atoms with E-state index in [9.17, 15) is 13.6 Å². The van der Waals surface area contributed by atoms with Gasteiger partial charge in [0, 0.05) is 6.54 Å². The van der Waals surface area contributed by atoms with E-state index < -0.39 is 24.4 Å². The number of alkyl halides is 2. The zero-order valence-electron chi connectivity index (χ0n) is 9.98. The average molecular weight is 235 g/mol. The number of esters is 1. The maximum Gasteiger partial charge on any atom is 0.377 e. The fourth-order valence-corrected chi connectivity index (χ4v) is 1.49. The molecule has 1 atom stereocenters. The van der Waals surface area contributed by atoms with Crippen LogP contribution in [0.5, 0.6) is 0 Å². The van der Waals surface area contributed by atoms with Crippen LogP contribution in [0.4, 0.5) is 8.78 Å². The summed E-state index contributed by atoms with van der Waals surface area (Å²) in [5.74, 6) is -4.69. The number of nitrogens with one attached hydrogen (secondary N) is 1. The van der Waals surface area contributed by atoms with Crippen molar-refractivity contribution >= 4 is 5.97 Å². The lowest BCUT2D eigenvalue weighted by atomic mass is 9.92. The van der Waals surface area contributed by atoms with Gasteiger partial charge in [0.05, 0.1) is 6.42 Å². The minimum absolute atomic E-state index is 0.212. The minimum Gasteiger partial charge on any atom is -0.456 e. The fraction of sp³-hybridized carbons (Fsp3) is 0.909. The van der Waals surface area contributed by atoms with E-state index in [0.717, 1.165) is 13.0 Å². The zero-order valence-corrected chi connectivity index (χ0v) is 9.98. The van der Waals surface area contributed by atoms with E-state index in [-0.39, 0.29) is 5.41 Å². The second-order valence-corrected chi connectivity index (χ2v) is 5.45. The molecule has 1 heterocycles. The van der Waals surface area contributed by atoms with Crippen LogP contribution in [0.2, 0.25) is 0 Å². The molecule has 0 aromatic heterocycles. The van der Waals surface area contributed by atoms with Crippen molar-refractivity contribution in [1.29, 1.82) is 0 Å². The van der Waals surface area contributed by atoms with Crippen LogP contribution in [0.3, 0.4) is 0 Å². The van der Waals surface area contributed by atoms with Crippen molar-refractivity contribution in [1.82, 2.24) is 5.32 Å². The molecule has 0 amide bonds. The van der Waals surface area contributed by atoms with Crippen LogP contribution >= 0.6 is 0 Å². The first-order valence-electron chi connectivity index (χ1n) is 5.50. The Balaban J connectivity index is 2.19. The molecule has 1 N–H and O–H groups in total. The first kappa shape index (κ1) is 13.4. The van der Waals surface area contributed by atoms with E-state index in [0.29, 0.717) is 6.54 Å². The Morgan fingerprint density at radius 3 is 2.56 bits per heavy atom. The maximum absolute atomic E-state index is 12.8. The Hall–Kier alpha value is -0.710. The second-order valence-electron chi connectivity index (χ2n) is 5.45. The van der Waals surface area contributed by atoms with Gasteiger partial charge in [0.1, 0.15) is 6.10 Å². The molecule has 1 saturated heterocycles. The van der Waals surface area contributed by atoms with Gasteiger partial charge in [-0.05, 0) is 18.4 Å². The van der Waals surface area contributed by atoms with Gasteiger partial charge in [-0.3, -0.25) is 0 Å². The Bertz CT molecular complexity index is 261. The second kappa shape index (κ2) is 4.65. The van der Waals surface area contributed by atoms with Gasteiger partial charge in [0.25, 0.3) is 0 Å². The number of rotatable bonds is 4. The largest absolute Gasteiger partial charge is 0.456 e. The van der Waals surface area contributed by atoms with Crippen LogP contribution in [0, 0.1) is 5.41 Å². The molecule has 3 nitrogen and oxygen atoms in total. The average Bonchev–Trinajstić information content (AvgIpc) is 2.33. The molecule has 16 heavy (non-hydrogen) atoms. The lowest BCUT2D eigenvalue weighted by Crippen LogP contribution is -2.29. The molecule has 1 aliphatic heterocycles. The maximum atomic E-state index is 12.8. The number of carbonyl (C=O) groups is 1. The number of halogens is 2. The van der Waals surface area contributed by atoms with E-state index in [1.807, 2.05) is 0 Å². The monoisotopic (exact) mass is 235 g/mol.